The Bertz CT molecular complexity index is 1030. The highest BCUT2D eigenvalue weighted by Gasteiger charge is 2.33. The van der Waals surface area contributed by atoms with Crippen molar-refractivity contribution in [2.45, 2.75) is 25.9 Å². The summed E-state index contributed by atoms with van der Waals surface area (Å²) in [6.45, 7) is 2.54. The first-order valence-electron chi connectivity index (χ1n) is 8.92. The highest BCUT2D eigenvalue weighted by Crippen LogP contribution is 2.39. The van der Waals surface area contributed by atoms with Gasteiger partial charge in [0.2, 0.25) is 5.91 Å². The highest BCUT2D eigenvalue weighted by molar-refractivity contribution is 5.97. The lowest BCUT2D eigenvalue weighted by atomic mass is 10.0. The van der Waals surface area contributed by atoms with Crippen molar-refractivity contribution >= 4 is 23.4 Å². The number of nitrogens with one attached hydrogen (secondary N) is 1. The smallest absolute Gasteiger partial charge is 0.252 e. The molecule has 1 aliphatic rings. The van der Waals surface area contributed by atoms with E-state index in [4.69, 9.17) is 5.73 Å². The molecule has 1 aliphatic heterocycles. The lowest BCUT2D eigenvalue weighted by Crippen LogP contribution is -2.26. The summed E-state index contributed by atoms with van der Waals surface area (Å²) in [7, 11) is 0. The molecular formula is C20H19FN6O. The fourth-order valence-corrected chi connectivity index (χ4v) is 3.47. The molecular weight excluding hydrogens is 359 g/mol. The van der Waals surface area contributed by atoms with Crippen LogP contribution in [0.2, 0.25) is 0 Å². The lowest BCUT2D eigenvalue weighted by Gasteiger charge is -2.22. The van der Waals surface area contributed by atoms with Crippen LogP contribution in [0.15, 0.2) is 48.7 Å². The van der Waals surface area contributed by atoms with Crippen molar-refractivity contribution < 1.29 is 9.18 Å². The van der Waals surface area contributed by atoms with E-state index in [1.807, 2.05) is 37.3 Å². The third-order valence-electron chi connectivity index (χ3n) is 4.74. The zero-order chi connectivity index (χ0) is 19.7. The molecule has 1 aromatic heterocycles. The minimum absolute atomic E-state index is 0.0685. The maximum Gasteiger partial charge on any atom is 0.252 e. The van der Waals surface area contributed by atoms with E-state index in [9.17, 15) is 9.18 Å². The monoisotopic (exact) mass is 378 g/mol. The van der Waals surface area contributed by atoms with Crippen molar-refractivity contribution in [3.8, 4) is 0 Å². The third-order valence-corrected chi connectivity index (χ3v) is 4.74. The normalized spacial score (nSPS) is 15.4. The van der Waals surface area contributed by atoms with Gasteiger partial charge in [-0.3, -0.25) is 4.79 Å². The second-order valence-electron chi connectivity index (χ2n) is 6.72. The van der Waals surface area contributed by atoms with E-state index in [-0.39, 0.29) is 11.6 Å². The molecule has 1 atom stereocenters. The fourth-order valence-electron chi connectivity index (χ4n) is 3.47. The number of fused-ring (bicyclic) bond motifs is 1. The molecule has 2 heterocycles. The first kappa shape index (κ1) is 17.8. The van der Waals surface area contributed by atoms with Gasteiger partial charge in [0.05, 0.1) is 11.9 Å². The van der Waals surface area contributed by atoms with Crippen LogP contribution in [0.25, 0.3) is 0 Å². The van der Waals surface area contributed by atoms with Crippen molar-refractivity contribution in [3.63, 3.8) is 0 Å². The van der Waals surface area contributed by atoms with Crippen LogP contribution in [0.3, 0.4) is 0 Å². The summed E-state index contributed by atoms with van der Waals surface area (Å²) < 4.78 is 14.1. The van der Waals surface area contributed by atoms with Crippen molar-refractivity contribution in [3.05, 3.63) is 71.2 Å². The second kappa shape index (κ2) is 7.22. The van der Waals surface area contributed by atoms with Gasteiger partial charge in [0.15, 0.2) is 5.82 Å². The van der Waals surface area contributed by atoms with E-state index in [0.717, 1.165) is 5.56 Å². The van der Waals surface area contributed by atoms with Crippen LogP contribution in [-0.4, -0.2) is 27.1 Å². The molecule has 7 nitrogen and oxygen atoms in total. The number of hydrogen-bond donors (Lipinski definition) is 2. The van der Waals surface area contributed by atoms with Gasteiger partial charge in [-0.15, -0.1) is 5.10 Å². The minimum Gasteiger partial charge on any atom is -0.366 e. The van der Waals surface area contributed by atoms with Crippen LogP contribution in [0, 0.1) is 5.82 Å². The van der Waals surface area contributed by atoms with Gasteiger partial charge < -0.3 is 16.0 Å². The summed E-state index contributed by atoms with van der Waals surface area (Å²) >= 11 is 0. The Labute approximate surface area is 161 Å². The molecule has 0 bridgehead atoms. The maximum atomic E-state index is 14.1. The summed E-state index contributed by atoms with van der Waals surface area (Å²) in [6, 6.07) is 12.4. The van der Waals surface area contributed by atoms with Crippen LogP contribution < -0.4 is 16.0 Å². The number of hydrogen-bond acceptors (Lipinski definition) is 6. The van der Waals surface area contributed by atoms with Gasteiger partial charge in [-0.05, 0) is 36.6 Å². The highest BCUT2D eigenvalue weighted by atomic mass is 19.1. The zero-order valence-corrected chi connectivity index (χ0v) is 15.3. The molecule has 0 saturated heterocycles. The molecule has 0 fully saturated rings. The first-order valence-corrected chi connectivity index (χ1v) is 8.92. The Balaban J connectivity index is 1.65. The number of nitrogens with zero attached hydrogens (tertiary/aromatic N) is 4. The molecule has 0 radical (unpaired) electrons. The van der Waals surface area contributed by atoms with Gasteiger partial charge >= 0.3 is 0 Å². The van der Waals surface area contributed by atoms with Gasteiger partial charge in [0, 0.05) is 18.2 Å². The third kappa shape index (κ3) is 3.36. The van der Waals surface area contributed by atoms with Crippen LogP contribution in [-0.2, 0) is 13.0 Å². The number of anilines is 3. The summed E-state index contributed by atoms with van der Waals surface area (Å²) in [5.74, 6) is -0.286. The standard InChI is InChI=1S/C20H19FN6O/c1-12-7-15-16(19(22)28)8-14(21)9-17(15)27(12)20-25-18(11-24-26-20)23-10-13-5-3-2-4-6-13/h2-6,8-9,11-12H,7,10H2,1H3,(H2,22,28)(H,23,25,26). The predicted octanol–water partition coefficient (Wildman–Crippen LogP) is 2.80. The molecule has 142 valence electrons. The van der Waals surface area contributed by atoms with E-state index in [1.54, 1.807) is 4.90 Å². The van der Waals surface area contributed by atoms with Crippen LogP contribution in [0.1, 0.15) is 28.4 Å². The summed E-state index contributed by atoms with van der Waals surface area (Å²) in [5.41, 5.74) is 7.97. The van der Waals surface area contributed by atoms with Crippen molar-refractivity contribution in [2.24, 2.45) is 5.73 Å². The van der Waals surface area contributed by atoms with Gasteiger partial charge in [-0.2, -0.15) is 10.1 Å². The van der Waals surface area contributed by atoms with E-state index in [0.29, 0.717) is 36.0 Å². The molecule has 3 N–H and O–H groups in total. The number of aromatic nitrogens is 3. The van der Waals surface area contributed by atoms with Crippen LogP contribution >= 0.6 is 0 Å². The van der Waals surface area contributed by atoms with E-state index in [2.05, 4.69) is 20.5 Å². The predicted molar refractivity (Wildman–Crippen MR) is 104 cm³/mol. The number of carbonyl (C=O) groups is 1. The van der Waals surface area contributed by atoms with Gasteiger partial charge in [-0.1, -0.05) is 30.3 Å². The SMILES string of the molecule is CC1Cc2c(C(N)=O)cc(F)cc2N1c1nncc(NCc2ccccc2)n1. The van der Waals surface area contributed by atoms with Crippen molar-refractivity contribution in [1.29, 1.82) is 0 Å². The van der Waals surface area contributed by atoms with Gasteiger partial charge in [-0.25, -0.2) is 4.39 Å². The minimum atomic E-state index is -0.651. The topological polar surface area (TPSA) is 97.0 Å². The first-order chi connectivity index (χ1) is 13.5. The molecule has 8 heteroatoms. The number of nitrogens with two attached hydrogens (primary N) is 1. The maximum absolute atomic E-state index is 14.1. The van der Waals surface area contributed by atoms with Crippen molar-refractivity contribution in [2.75, 3.05) is 10.2 Å². The van der Waals surface area contributed by atoms with E-state index >= 15 is 0 Å². The second-order valence-corrected chi connectivity index (χ2v) is 6.72. The molecule has 0 saturated carbocycles. The summed E-state index contributed by atoms with van der Waals surface area (Å²) in [6.07, 6.45) is 2.08. The molecule has 1 amide bonds. The van der Waals surface area contributed by atoms with E-state index in [1.165, 1.54) is 18.3 Å². The Morgan fingerprint density at radius 1 is 1.32 bits per heavy atom. The number of amides is 1. The summed E-state index contributed by atoms with van der Waals surface area (Å²) in [4.78, 5) is 18.0. The van der Waals surface area contributed by atoms with E-state index < -0.39 is 11.7 Å². The zero-order valence-electron chi connectivity index (χ0n) is 15.3. The lowest BCUT2D eigenvalue weighted by molar-refractivity contribution is 0.0999. The summed E-state index contributed by atoms with van der Waals surface area (Å²) in [5, 5.41) is 11.4. The Morgan fingerprint density at radius 3 is 2.86 bits per heavy atom. The molecule has 4 rings (SSSR count). The average molecular weight is 378 g/mol. The largest absolute Gasteiger partial charge is 0.366 e. The number of rotatable bonds is 5. The Kier molecular flexibility index (Phi) is 4.60. The Morgan fingerprint density at radius 2 is 2.11 bits per heavy atom. The number of primary amides is 1. The molecule has 28 heavy (non-hydrogen) atoms. The van der Waals surface area contributed by atoms with Crippen molar-refractivity contribution in [1.82, 2.24) is 15.2 Å². The van der Waals surface area contributed by atoms with Gasteiger partial charge in [0.1, 0.15) is 5.82 Å². The molecule has 3 aromatic rings. The molecule has 2 aromatic carbocycles. The number of halogens is 1. The number of benzene rings is 2. The average Bonchev–Trinajstić information content (AvgIpc) is 3.02. The molecule has 0 aliphatic carbocycles. The number of carbonyl (C=O) groups excluding carboxylic acids is 1. The van der Waals surface area contributed by atoms with Gasteiger partial charge in [0.25, 0.3) is 5.95 Å². The quantitative estimate of drug-likeness (QED) is 0.709. The van der Waals surface area contributed by atoms with Crippen LogP contribution in [0.5, 0.6) is 0 Å². The Hall–Kier alpha value is -3.55. The molecule has 0 spiro atoms. The molecule has 1 unspecified atom stereocenters. The fraction of sp³-hybridized carbons (Fsp3) is 0.200. The van der Waals surface area contributed by atoms with Crippen LogP contribution in [0.4, 0.5) is 21.8 Å².